The lowest BCUT2D eigenvalue weighted by molar-refractivity contribution is -0.218. The van der Waals surface area contributed by atoms with E-state index in [-0.39, 0.29) is 34.0 Å². The third kappa shape index (κ3) is 5.19. The summed E-state index contributed by atoms with van der Waals surface area (Å²) in [5.74, 6) is 0.130. The number of nitrogen functional groups attached to an aromatic ring is 2. The molecule has 233 valence electrons. The van der Waals surface area contributed by atoms with E-state index < -0.39 is 76.6 Å². The number of anilines is 2. The van der Waals surface area contributed by atoms with Gasteiger partial charge in [-0.25, -0.2) is 34.3 Å². The predicted molar refractivity (Wildman–Crippen MR) is 147 cm³/mol. The molecule has 3 aliphatic rings. The summed E-state index contributed by atoms with van der Waals surface area (Å²) in [6.45, 7) is -5.72. The largest absolute Gasteiger partial charge is 0.780 e. The van der Waals surface area contributed by atoms with Crippen molar-refractivity contribution in [2.45, 2.75) is 49.1 Å². The molecule has 7 rings (SSSR count). The van der Waals surface area contributed by atoms with Crippen LogP contribution < -0.4 is 16.4 Å². The number of aliphatic hydroxyl groups is 1. The first kappa shape index (κ1) is 29.9. The van der Waals surface area contributed by atoms with Crippen LogP contribution in [0, 0.1) is 0 Å². The minimum absolute atomic E-state index is 0.0492. The van der Waals surface area contributed by atoms with E-state index in [2.05, 4.69) is 29.9 Å². The molecule has 0 amide bonds. The molecule has 3 saturated heterocycles. The van der Waals surface area contributed by atoms with Crippen molar-refractivity contribution in [2.75, 3.05) is 24.7 Å². The SMILES string of the molecule is [B-]P1(=O)OC[C@H]2O[C@@H](n3cnc4c(N)ncnc43)C(O)[C@H]2OP([O-])(=S)OC[C@H]2O[C@@H](n3cnc4c(N)ncnc43)[C@@H](F)C2O1. The van der Waals surface area contributed by atoms with Gasteiger partial charge in [-0.2, -0.15) is 0 Å². The monoisotopic (exact) mass is 669 g/mol. The van der Waals surface area contributed by atoms with E-state index in [1.165, 1.54) is 28.1 Å². The van der Waals surface area contributed by atoms with Crippen LogP contribution in [0.5, 0.6) is 0 Å². The van der Waals surface area contributed by atoms with E-state index in [1.54, 1.807) is 0 Å². The second-order valence-corrected chi connectivity index (χ2v) is 14.2. The van der Waals surface area contributed by atoms with Gasteiger partial charge in [-0.3, -0.25) is 9.13 Å². The fourth-order valence-corrected chi connectivity index (χ4v) is 7.66. The highest BCUT2D eigenvalue weighted by Crippen LogP contribution is 2.52. The van der Waals surface area contributed by atoms with E-state index in [4.69, 9.17) is 58.4 Å². The fourth-order valence-electron chi connectivity index (χ4n) is 5.23. The van der Waals surface area contributed by atoms with Crippen molar-refractivity contribution in [3.8, 4) is 0 Å². The third-order valence-electron chi connectivity index (χ3n) is 7.23. The van der Waals surface area contributed by atoms with Gasteiger partial charge in [0.15, 0.2) is 41.6 Å². The average molecular weight is 669 g/mol. The Kier molecular flexibility index (Phi) is 7.45. The molecule has 4 aromatic heterocycles. The van der Waals surface area contributed by atoms with Gasteiger partial charge >= 0.3 is 0 Å². The van der Waals surface area contributed by atoms with Crippen LogP contribution >= 0.6 is 14.2 Å². The summed E-state index contributed by atoms with van der Waals surface area (Å²) in [4.78, 5) is 37.5. The van der Waals surface area contributed by atoms with Crippen LogP contribution in [0.2, 0.25) is 0 Å². The molecule has 0 bridgehead atoms. The Bertz CT molecular complexity index is 1710. The zero-order valence-electron chi connectivity index (χ0n) is 22.0. The maximum absolute atomic E-state index is 15.9. The summed E-state index contributed by atoms with van der Waals surface area (Å²) in [6, 6.07) is 0. The Labute approximate surface area is 252 Å². The second kappa shape index (κ2) is 11.0. The molecule has 3 fully saturated rings. The molecular formula is C20H21BFN10O9P2S-2. The first-order valence-electron chi connectivity index (χ1n) is 12.8. The van der Waals surface area contributed by atoms with Gasteiger partial charge in [0.25, 0.3) is 0 Å². The number of nitrogens with zero attached hydrogens (tertiary/aromatic N) is 8. The van der Waals surface area contributed by atoms with E-state index in [0.29, 0.717) is 0 Å². The highest BCUT2D eigenvalue weighted by molar-refractivity contribution is 8.06. The molecule has 24 heteroatoms. The third-order valence-corrected chi connectivity index (χ3v) is 9.82. The topological polar surface area (TPSA) is 255 Å². The van der Waals surface area contributed by atoms with Crippen LogP contribution in [0.25, 0.3) is 22.3 Å². The van der Waals surface area contributed by atoms with Crippen molar-refractivity contribution in [1.29, 1.82) is 0 Å². The molecule has 0 aromatic carbocycles. The lowest BCUT2D eigenvalue weighted by atomic mass is 10.1. The van der Waals surface area contributed by atoms with E-state index in [1.807, 2.05) is 0 Å². The quantitative estimate of drug-likeness (QED) is 0.171. The Balaban J connectivity index is 1.17. The van der Waals surface area contributed by atoms with E-state index in [9.17, 15) is 14.6 Å². The molecule has 44 heavy (non-hydrogen) atoms. The Morgan fingerprint density at radius 1 is 0.909 bits per heavy atom. The van der Waals surface area contributed by atoms with Gasteiger partial charge in [-0.15, -0.1) is 0 Å². The Morgan fingerprint density at radius 3 is 2.09 bits per heavy atom. The summed E-state index contributed by atoms with van der Waals surface area (Å²) in [5, 5.41) is 11.2. The maximum Gasteiger partial charge on any atom is 0.174 e. The van der Waals surface area contributed by atoms with Crippen molar-refractivity contribution in [2.24, 2.45) is 0 Å². The minimum atomic E-state index is -4.55. The van der Waals surface area contributed by atoms with Crippen molar-refractivity contribution in [3.63, 3.8) is 0 Å². The number of halogens is 1. The van der Waals surface area contributed by atoms with Gasteiger partial charge in [0.2, 0.25) is 0 Å². The van der Waals surface area contributed by atoms with Gasteiger partial charge in [-0.05, 0) is 0 Å². The number of ether oxygens (including phenoxy) is 2. The van der Waals surface area contributed by atoms with Crippen molar-refractivity contribution >= 4 is 67.5 Å². The fraction of sp³-hybridized carbons (Fsp3) is 0.500. The normalized spacial score (nSPS) is 38.3. The Morgan fingerprint density at radius 2 is 1.45 bits per heavy atom. The van der Waals surface area contributed by atoms with Crippen LogP contribution in [0.4, 0.5) is 16.0 Å². The standard InChI is InChI=1S/C20H22BFN10O9P2S/c21-42(34)36-1-8-14(12(33)20(39-8)32-6-30-11-16(24)26-4-28-18(11)32)41-43(35,44)37-2-7-13(40-42)9(22)19(38-7)31-5-29-10-15(23)25-3-27-17(10)31/h3-9,12-14,19-20,33H,1-2H2,(H,35,44)(H2,23,25,27)(H2,24,26,28)/q-1/p-1/t7-,8-,9+,12?,13?,14+,19-,20-,42?,43?/m1/s1. The second-order valence-electron chi connectivity index (χ2n) is 9.95. The molecule has 5 N–H and O–H groups in total. The number of fused-ring (bicyclic) bond motifs is 4. The summed E-state index contributed by atoms with van der Waals surface area (Å²) in [5.41, 5.74) is 12.4. The lowest BCUT2D eigenvalue weighted by Gasteiger charge is -2.37. The first-order chi connectivity index (χ1) is 20.9. The van der Waals surface area contributed by atoms with Crippen LogP contribution in [-0.4, -0.2) is 102 Å². The molecule has 4 unspecified atom stereocenters. The van der Waals surface area contributed by atoms with Crippen LogP contribution in [-0.2, 0) is 43.9 Å². The summed E-state index contributed by atoms with van der Waals surface area (Å²) < 4.78 is 65.2. The van der Waals surface area contributed by atoms with E-state index >= 15 is 4.39 Å². The number of alkyl halides is 1. The molecular weight excluding hydrogens is 648 g/mol. The summed E-state index contributed by atoms with van der Waals surface area (Å²) >= 11 is 5.09. The first-order valence-corrected chi connectivity index (χ1v) is 16.9. The minimum Gasteiger partial charge on any atom is -0.780 e. The van der Waals surface area contributed by atoms with Crippen molar-refractivity contribution in [1.82, 2.24) is 39.0 Å². The zero-order chi connectivity index (χ0) is 31.0. The maximum atomic E-state index is 15.9. The molecule has 7 heterocycles. The number of hydrogen-bond donors (Lipinski definition) is 3. The summed E-state index contributed by atoms with van der Waals surface area (Å²) in [7, 11) is 1.31. The van der Waals surface area contributed by atoms with Crippen molar-refractivity contribution in [3.05, 3.63) is 25.3 Å². The van der Waals surface area contributed by atoms with Gasteiger partial charge in [0, 0.05) is 0 Å². The van der Waals surface area contributed by atoms with Crippen molar-refractivity contribution < 1.29 is 46.5 Å². The molecule has 3 radical (unpaired) electrons. The average Bonchev–Trinajstić information content (AvgIpc) is 3.73. The van der Waals surface area contributed by atoms with Crippen LogP contribution in [0.15, 0.2) is 25.3 Å². The number of aromatic nitrogens is 8. The highest BCUT2D eigenvalue weighted by Gasteiger charge is 2.51. The zero-order valence-corrected chi connectivity index (χ0v) is 24.7. The molecule has 0 spiro atoms. The van der Waals surface area contributed by atoms with E-state index in [0.717, 1.165) is 6.33 Å². The Hall–Kier alpha value is -2.75. The summed E-state index contributed by atoms with van der Waals surface area (Å²) in [6.07, 6.45) is -7.20. The van der Waals surface area contributed by atoms with Crippen LogP contribution in [0.1, 0.15) is 12.5 Å². The molecule has 3 aliphatic heterocycles. The van der Waals surface area contributed by atoms with Crippen LogP contribution in [0.3, 0.4) is 0 Å². The number of hydrogen-bond acceptors (Lipinski definition) is 18. The lowest BCUT2D eigenvalue weighted by Crippen LogP contribution is -2.39. The predicted octanol–water partition coefficient (Wildman–Crippen LogP) is -0.997. The van der Waals surface area contributed by atoms with Gasteiger partial charge < -0.3 is 61.2 Å². The van der Waals surface area contributed by atoms with Gasteiger partial charge in [0.05, 0.1) is 33.3 Å². The number of imidazole rings is 2. The number of rotatable bonds is 2. The van der Waals surface area contributed by atoms with Gasteiger partial charge in [0.1, 0.15) is 60.9 Å². The number of aliphatic hydroxyl groups excluding tert-OH is 1. The molecule has 10 atom stereocenters. The molecule has 0 aliphatic carbocycles. The molecule has 0 saturated carbocycles. The molecule has 4 aromatic rings. The number of nitrogens with two attached hydrogens (primary N) is 2. The highest BCUT2D eigenvalue weighted by atomic mass is 32.5. The smallest absolute Gasteiger partial charge is 0.174 e. The van der Waals surface area contributed by atoms with Gasteiger partial charge in [-0.1, -0.05) is 11.8 Å². The molecule has 19 nitrogen and oxygen atoms in total.